The van der Waals surface area contributed by atoms with Crippen molar-refractivity contribution in [2.45, 2.75) is 63.8 Å². The second-order valence-electron chi connectivity index (χ2n) is 11.2. The van der Waals surface area contributed by atoms with E-state index < -0.39 is 39.8 Å². The summed E-state index contributed by atoms with van der Waals surface area (Å²) in [6.45, 7) is 3.51. The summed E-state index contributed by atoms with van der Waals surface area (Å²) >= 11 is 0. The summed E-state index contributed by atoms with van der Waals surface area (Å²) in [5.41, 5.74) is -2.28. The first-order valence-electron chi connectivity index (χ1n) is 13.5. The average molecular weight is 589 g/mol. The molecular formula is C28H34F6N4O3. The molecule has 1 aliphatic heterocycles. The molecule has 226 valence electrons. The molecule has 1 saturated carbocycles. The summed E-state index contributed by atoms with van der Waals surface area (Å²) in [6.07, 6.45) is -5.04. The number of carbonyl (C=O) groups excluding carboxylic acids is 1. The molecule has 0 aromatic heterocycles. The SMILES string of the molecule is CC1(C(=O)NCC2CCC(Nc3ccc(N(O)O)c(C(F)(F)F)c3)CC2)CCN(c2ccc(C(F)(F)F)cc2)CC1. The standard InChI is InChI=1S/C28H34F6N4O3/c1-26(12-14-37(15-13-26)22-9-4-19(5-10-22)27(29,30)31)25(39)35-17-18-2-6-20(7-3-18)36-21-8-11-24(38(40)41)23(16-21)28(32,33)34/h4-5,8-11,16,18,20,36,40-41H,2-3,6-7,12-15,17H2,1H3,(H,35,39). The Labute approximate surface area is 234 Å². The van der Waals surface area contributed by atoms with Gasteiger partial charge in [0.05, 0.1) is 11.1 Å². The summed E-state index contributed by atoms with van der Waals surface area (Å²) in [7, 11) is 0. The van der Waals surface area contributed by atoms with Gasteiger partial charge in [-0.2, -0.15) is 26.3 Å². The van der Waals surface area contributed by atoms with Crippen molar-refractivity contribution in [2.75, 3.05) is 35.1 Å². The van der Waals surface area contributed by atoms with Gasteiger partial charge in [-0.1, -0.05) is 6.92 Å². The molecule has 0 spiro atoms. The van der Waals surface area contributed by atoms with Crippen molar-refractivity contribution < 1.29 is 41.6 Å². The van der Waals surface area contributed by atoms with Gasteiger partial charge < -0.3 is 15.5 Å². The predicted molar refractivity (Wildman–Crippen MR) is 141 cm³/mol. The van der Waals surface area contributed by atoms with E-state index in [1.165, 1.54) is 18.2 Å². The molecule has 7 nitrogen and oxygen atoms in total. The molecule has 0 atom stereocenters. The second-order valence-corrected chi connectivity index (χ2v) is 11.2. The molecule has 0 bridgehead atoms. The van der Waals surface area contributed by atoms with Crippen molar-refractivity contribution in [1.29, 1.82) is 0 Å². The van der Waals surface area contributed by atoms with Crippen LogP contribution in [0.5, 0.6) is 0 Å². The minimum Gasteiger partial charge on any atom is -0.382 e. The third kappa shape index (κ3) is 7.56. The quantitative estimate of drug-likeness (QED) is 0.213. The van der Waals surface area contributed by atoms with E-state index in [1.54, 1.807) is 0 Å². The van der Waals surface area contributed by atoms with Crippen LogP contribution in [-0.2, 0) is 17.1 Å². The lowest BCUT2D eigenvalue weighted by Crippen LogP contribution is -2.48. The van der Waals surface area contributed by atoms with Crippen molar-refractivity contribution in [3.05, 3.63) is 53.6 Å². The number of carbonyl (C=O) groups is 1. The highest BCUT2D eigenvalue weighted by atomic mass is 19.4. The van der Waals surface area contributed by atoms with E-state index in [4.69, 9.17) is 10.4 Å². The number of hydrogen-bond acceptors (Lipinski definition) is 6. The number of piperidine rings is 1. The van der Waals surface area contributed by atoms with Crippen LogP contribution >= 0.6 is 0 Å². The van der Waals surface area contributed by atoms with Crippen LogP contribution in [0.4, 0.5) is 43.4 Å². The number of benzene rings is 2. The molecule has 0 unspecified atom stereocenters. The molecular weight excluding hydrogens is 554 g/mol. The fourth-order valence-corrected chi connectivity index (χ4v) is 5.57. The Morgan fingerprint density at radius 1 is 0.951 bits per heavy atom. The topological polar surface area (TPSA) is 88.1 Å². The third-order valence-electron chi connectivity index (χ3n) is 8.26. The molecule has 4 rings (SSSR count). The molecule has 13 heteroatoms. The molecule has 2 aromatic carbocycles. The third-order valence-corrected chi connectivity index (χ3v) is 8.26. The van der Waals surface area contributed by atoms with Crippen molar-refractivity contribution in [3.63, 3.8) is 0 Å². The van der Waals surface area contributed by atoms with Gasteiger partial charge in [0.1, 0.15) is 5.69 Å². The monoisotopic (exact) mass is 588 g/mol. The van der Waals surface area contributed by atoms with Crippen LogP contribution in [0, 0.1) is 11.3 Å². The Bertz CT molecular complexity index is 1190. The summed E-state index contributed by atoms with van der Waals surface area (Å²) in [4.78, 5) is 15.0. The Morgan fingerprint density at radius 3 is 2.10 bits per heavy atom. The number of anilines is 3. The summed E-state index contributed by atoms with van der Waals surface area (Å²) < 4.78 is 78.5. The minimum absolute atomic E-state index is 0.0496. The number of amides is 1. The molecule has 1 amide bonds. The molecule has 41 heavy (non-hydrogen) atoms. The van der Waals surface area contributed by atoms with Crippen LogP contribution in [-0.4, -0.2) is 42.0 Å². The van der Waals surface area contributed by atoms with E-state index in [9.17, 15) is 31.1 Å². The molecule has 0 radical (unpaired) electrons. The van der Waals surface area contributed by atoms with Gasteiger partial charge in [-0.15, -0.1) is 5.23 Å². The van der Waals surface area contributed by atoms with Crippen molar-refractivity contribution >= 4 is 23.0 Å². The molecule has 4 N–H and O–H groups in total. The van der Waals surface area contributed by atoms with Crippen LogP contribution in [0.3, 0.4) is 0 Å². The fraction of sp³-hybridized carbons (Fsp3) is 0.536. The smallest absolute Gasteiger partial charge is 0.382 e. The maximum absolute atomic E-state index is 13.3. The number of nitrogens with one attached hydrogen (secondary N) is 2. The van der Waals surface area contributed by atoms with E-state index in [2.05, 4.69) is 10.6 Å². The highest BCUT2D eigenvalue weighted by Crippen LogP contribution is 2.39. The Kier molecular flexibility index (Phi) is 8.98. The van der Waals surface area contributed by atoms with Gasteiger partial charge in [-0.3, -0.25) is 15.2 Å². The van der Waals surface area contributed by atoms with Gasteiger partial charge in [-0.05, 0) is 86.9 Å². The average Bonchev–Trinajstić information content (AvgIpc) is 2.92. The predicted octanol–water partition coefficient (Wildman–Crippen LogP) is 6.70. The lowest BCUT2D eigenvalue weighted by Gasteiger charge is -2.40. The van der Waals surface area contributed by atoms with E-state index in [1.807, 2.05) is 11.8 Å². The number of alkyl halides is 6. The summed E-state index contributed by atoms with van der Waals surface area (Å²) in [5.74, 6) is 0.185. The van der Waals surface area contributed by atoms with E-state index >= 15 is 0 Å². The van der Waals surface area contributed by atoms with E-state index in [-0.39, 0.29) is 23.6 Å². The molecule has 1 saturated heterocycles. The van der Waals surface area contributed by atoms with Gasteiger partial charge in [0.15, 0.2) is 0 Å². The lowest BCUT2D eigenvalue weighted by atomic mass is 9.79. The zero-order chi connectivity index (χ0) is 30.0. The molecule has 2 aromatic rings. The van der Waals surface area contributed by atoms with Crippen LogP contribution < -0.4 is 20.8 Å². The number of hydrogen-bond donors (Lipinski definition) is 4. The van der Waals surface area contributed by atoms with Gasteiger partial charge in [-0.25, -0.2) is 0 Å². The largest absolute Gasteiger partial charge is 0.418 e. The van der Waals surface area contributed by atoms with Gasteiger partial charge in [0.25, 0.3) is 0 Å². The first-order valence-corrected chi connectivity index (χ1v) is 13.5. The maximum Gasteiger partial charge on any atom is 0.418 e. The molecule has 2 fully saturated rings. The van der Waals surface area contributed by atoms with Crippen molar-refractivity contribution in [1.82, 2.24) is 5.32 Å². The van der Waals surface area contributed by atoms with Crippen molar-refractivity contribution in [3.8, 4) is 0 Å². The summed E-state index contributed by atoms with van der Waals surface area (Å²) in [5, 5.41) is 23.8. The van der Waals surface area contributed by atoms with Crippen LogP contribution in [0.25, 0.3) is 0 Å². The molecule has 1 aliphatic carbocycles. The number of nitrogens with zero attached hydrogens (tertiary/aromatic N) is 2. The number of rotatable bonds is 7. The summed E-state index contributed by atoms with van der Waals surface area (Å²) in [6, 6.07) is 8.19. The van der Waals surface area contributed by atoms with E-state index in [0.717, 1.165) is 37.1 Å². The van der Waals surface area contributed by atoms with E-state index in [0.29, 0.717) is 51.0 Å². The lowest BCUT2D eigenvalue weighted by molar-refractivity contribution is -0.139. The first kappa shape index (κ1) is 30.8. The fourth-order valence-electron chi connectivity index (χ4n) is 5.57. The normalized spacial score (nSPS) is 21.3. The minimum atomic E-state index is -4.76. The zero-order valence-electron chi connectivity index (χ0n) is 22.5. The van der Waals surface area contributed by atoms with Crippen LogP contribution in [0.2, 0.25) is 0 Å². The maximum atomic E-state index is 13.3. The molecule has 1 heterocycles. The second kappa shape index (κ2) is 12.0. The Hall–Kier alpha value is -3.19. The Balaban J connectivity index is 1.22. The van der Waals surface area contributed by atoms with Crippen molar-refractivity contribution in [2.24, 2.45) is 11.3 Å². The zero-order valence-corrected chi connectivity index (χ0v) is 22.5. The number of halogens is 6. The van der Waals surface area contributed by atoms with Crippen LogP contribution in [0.15, 0.2) is 42.5 Å². The Morgan fingerprint density at radius 2 is 1.56 bits per heavy atom. The van der Waals surface area contributed by atoms with Crippen LogP contribution in [0.1, 0.15) is 56.6 Å². The molecule has 2 aliphatic rings. The van der Waals surface area contributed by atoms with Gasteiger partial charge >= 0.3 is 12.4 Å². The highest BCUT2D eigenvalue weighted by molar-refractivity contribution is 5.82. The van der Waals surface area contributed by atoms with Gasteiger partial charge in [0.2, 0.25) is 5.91 Å². The van der Waals surface area contributed by atoms with Gasteiger partial charge in [0, 0.05) is 42.5 Å². The highest BCUT2D eigenvalue weighted by Gasteiger charge is 2.38. The first-order chi connectivity index (χ1) is 19.2.